The number of carbonyl (C=O) groups is 1. The summed E-state index contributed by atoms with van der Waals surface area (Å²) in [5, 5.41) is 20.3. The number of ether oxygens (including phenoxy) is 2. The van der Waals surface area contributed by atoms with Crippen molar-refractivity contribution in [2.24, 2.45) is 5.41 Å². The molecule has 4 heterocycles. The summed E-state index contributed by atoms with van der Waals surface area (Å²) in [6.45, 7) is 9.13. The molecule has 248 valence electrons. The van der Waals surface area contributed by atoms with E-state index in [4.69, 9.17) is 14.5 Å². The summed E-state index contributed by atoms with van der Waals surface area (Å²) in [7, 11) is 0. The third kappa shape index (κ3) is 8.30. The maximum atomic E-state index is 13.7. The lowest BCUT2D eigenvalue weighted by Gasteiger charge is -2.47. The van der Waals surface area contributed by atoms with Crippen LogP contribution in [0.2, 0.25) is 0 Å². The lowest BCUT2D eigenvalue weighted by atomic mass is 9.73. The van der Waals surface area contributed by atoms with Crippen molar-refractivity contribution in [2.45, 2.75) is 95.7 Å². The van der Waals surface area contributed by atoms with E-state index >= 15 is 0 Å². The maximum absolute atomic E-state index is 13.7. The zero-order valence-electron chi connectivity index (χ0n) is 27.0. The van der Waals surface area contributed by atoms with Crippen LogP contribution in [0.1, 0.15) is 74.9 Å². The molecule has 2 aromatic heterocycles. The first-order valence-corrected chi connectivity index (χ1v) is 17.3. The number of morpholine rings is 1. The quantitative estimate of drug-likeness (QED) is 0.277. The lowest BCUT2D eigenvalue weighted by molar-refractivity contribution is -0.140. The second-order valence-electron chi connectivity index (χ2n) is 14.4. The molecule has 3 aliphatic rings. The topological polar surface area (TPSA) is 109 Å². The molecule has 1 saturated heterocycles. The summed E-state index contributed by atoms with van der Waals surface area (Å²) >= 11 is 1.55. The van der Waals surface area contributed by atoms with Gasteiger partial charge in [0.2, 0.25) is 5.88 Å². The molecule has 1 saturated carbocycles. The standard InChI is InChI=1S/C35H46FN5O4S/c1-34(2,3)15-24-13-27-29(16-35(9-4-10-35)45-33(27)38-17-24)37-18-30(42)28(14-23-5-7-25(36)8-6-23)40-32(43)31-20-41(11-12-44-31)19-26-21-46-22-39-26/h5-8,13,17,21-22,28-31,37,42H,4,9-12,14-16,18-20H2,1-3H3,(H,40,43)/t28-,29-,30+,31-/m0/s1. The van der Waals surface area contributed by atoms with Crippen molar-refractivity contribution < 1.29 is 23.8 Å². The number of aliphatic hydroxyl groups is 1. The van der Waals surface area contributed by atoms with Crippen molar-refractivity contribution in [1.82, 2.24) is 25.5 Å². The van der Waals surface area contributed by atoms with Crippen LogP contribution in [0.3, 0.4) is 0 Å². The molecule has 2 aliphatic heterocycles. The first-order chi connectivity index (χ1) is 22.0. The molecule has 1 aliphatic carbocycles. The summed E-state index contributed by atoms with van der Waals surface area (Å²) < 4.78 is 26.0. The monoisotopic (exact) mass is 651 g/mol. The van der Waals surface area contributed by atoms with Gasteiger partial charge in [0.25, 0.3) is 5.91 Å². The Balaban J connectivity index is 1.16. The summed E-state index contributed by atoms with van der Waals surface area (Å²) in [5.41, 5.74) is 5.67. The molecule has 0 radical (unpaired) electrons. The number of nitrogens with one attached hydrogen (secondary N) is 2. The molecule has 6 rings (SSSR count). The van der Waals surface area contributed by atoms with Gasteiger partial charge in [-0.1, -0.05) is 32.9 Å². The fraction of sp³-hybridized carbons (Fsp3) is 0.571. The highest BCUT2D eigenvalue weighted by molar-refractivity contribution is 7.07. The molecule has 9 nitrogen and oxygen atoms in total. The molecule has 1 aromatic carbocycles. The Hall–Kier alpha value is -2.96. The van der Waals surface area contributed by atoms with Gasteiger partial charge in [-0.25, -0.2) is 14.4 Å². The number of pyridine rings is 1. The average Bonchev–Trinajstić information content (AvgIpc) is 3.52. The normalized spacial score (nSPS) is 22.4. The molecular weight excluding hydrogens is 605 g/mol. The van der Waals surface area contributed by atoms with E-state index < -0.39 is 18.2 Å². The molecule has 3 N–H and O–H groups in total. The number of benzene rings is 1. The number of halogens is 1. The predicted molar refractivity (Wildman–Crippen MR) is 175 cm³/mol. The fourth-order valence-corrected chi connectivity index (χ4v) is 7.28. The third-order valence-corrected chi connectivity index (χ3v) is 9.88. The highest BCUT2D eigenvalue weighted by Gasteiger charge is 2.46. The van der Waals surface area contributed by atoms with Crippen LogP contribution in [0.25, 0.3) is 0 Å². The number of carbonyl (C=O) groups excluding carboxylic acids is 1. The third-order valence-electron chi connectivity index (χ3n) is 9.25. The molecule has 2 fully saturated rings. The molecule has 4 atom stereocenters. The number of aliphatic hydroxyl groups excluding tert-OH is 1. The smallest absolute Gasteiger partial charge is 0.250 e. The molecule has 1 spiro atoms. The van der Waals surface area contributed by atoms with E-state index in [0.717, 1.165) is 54.5 Å². The number of thiazole rings is 1. The van der Waals surface area contributed by atoms with Crippen LogP contribution in [0.4, 0.5) is 4.39 Å². The van der Waals surface area contributed by atoms with Crippen molar-refractivity contribution in [3.8, 4) is 5.88 Å². The number of aromatic nitrogens is 2. The second-order valence-corrected chi connectivity index (χ2v) is 15.1. The Morgan fingerprint density at radius 2 is 2.02 bits per heavy atom. The first-order valence-electron chi connectivity index (χ1n) is 16.4. The number of hydrogen-bond acceptors (Lipinski definition) is 9. The number of amides is 1. The molecule has 3 aromatic rings. The predicted octanol–water partition coefficient (Wildman–Crippen LogP) is 4.59. The van der Waals surface area contributed by atoms with Crippen molar-refractivity contribution in [1.29, 1.82) is 0 Å². The minimum atomic E-state index is -0.918. The number of hydrogen-bond donors (Lipinski definition) is 3. The van der Waals surface area contributed by atoms with E-state index in [-0.39, 0.29) is 35.3 Å². The minimum Gasteiger partial charge on any atom is -0.471 e. The SMILES string of the molecule is CC(C)(C)Cc1cnc2c(c1)[C@@H](NC[C@@H](O)[C@H](Cc1ccc(F)cc1)NC(=O)[C@@H]1CN(Cc3cscn3)CCO1)CC1(CCC1)O2. The molecule has 1 amide bonds. The van der Waals surface area contributed by atoms with Gasteiger partial charge in [-0.15, -0.1) is 11.3 Å². The van der Waals surface area contributed by atoms with Gasteiger partial charge < -0.3 is 25.2 Å². The van der Waals surface area contributed by atoms with E-state index in [1.165, 1.54) is 12.1 Å². The Morgan fingerprint density at radius 1 is 1.22 bits per heavy atom. The van der Waals surface area contributed by atoms with Crippen molar-refractivity contribution in [3.05, 3.63) is 75.6 Å². The van der Waals surface area contributed by atoms with Crippen LogP contribution in [0.15, 0.2) is 47.4 Å². The highest BCUT2D eigenvalue weighted by Crippen LogP contribution is 2.48. The maximum Gasteiger partial charge on any atom is 0.250 e. The molecule has 11 heteroatoms. The number of nitrogens with zero attached hydrogens (tertiary/aromatic N) is 3. The van der Waals surface area contributed by atoms with Crippen LogP contribution in [-0.2, 0) is 28.9 Å². The van der Waals surface area contributed by atoms with Crippen LogP contribution < -0.4 is 15.4 Å². The summed E-state index contributed by atoms with van der Waals surface area (Å²) in [6, 6.07) is 7.72. The number of fused-ring (bicyclic) bond motifs is 1. The van der Waals surface area contributed by atoms with E-state index in [1.54, 1.807) is 23.5 Å². The van der Waals surface area contributed by atoms with Gasteiger partial charge in [0.05, 0.1) is 30.0 Å². The zero-order chi connectivity index (χ0) is 32.3. The summed E-state index contributed by atoms with van der Waals surface area (Å²) in [4.78, 5) is 24.8. The van der Waals surface area contributed by atoms with Crippen LogP contribution in [-0.4, -0.2) is 76.0 Å². The van der Waals surface area contributed by atoms with E-state index in [0.29, 0.717) is 38.5 Å². The summed E-state index contributed by atoms with van der Waals surface area (Å²) in [5.74, 6) is 0.0725. The van der Waals surface area contributed by atoms with Gasteiger partial charge in [0.1, 0.15) is 17.5 Å². The van der Waals surface area contributed by atoms with Crippen molar-refractivity contribution in [3.63, 3.8) is 0 Å². The van der Waals surface area contributed by atoms with Gasteiger partial charge >= 0.3 is 0 Å². The van der Waals surface area contributed by atoms with Crippen LogP contribution in [0, 0.1) is 11.2 Å². The van der Waals surface area contributed by atoms with E-state index in [2.05, 4.69) is 47.4 Å². The average molecular weight is 652 g/mol. The van der Waals surface area contributed by atoms with Crippen LogP contribution in [0.5, 0.6) is 5.88 Å². The highest BCUT2D eigenvalue weighted by atomic mass is 32.1. The van der Waals surface area contributed by atoms with Gasteiger partial charge in [-0.3, -0.25) is 9.69 Å². The Morgan fingerprint density at radius 3 is 2.72 bits per heavy atom. The molecule has 0 bridgehead atoms. The largest absolute Gasteiger partial charge is 0.471 e. The van der Waals surface area contributed by atoms with Gasteiger partial charge in [0.15, 0.2) is 0 Å². The molecule has 0 unspecified atom stereocenters. The van der Waals surface area contributed by atoms with Crippen molar-refractivity contribution >= 4 is 17.2 Å². The first kappa shape index (κ1) is 33.0. The summed E-state index contributed by atoms with van der Waals surface area (Å²) in [6.07, 6.45) is 5.48. The van der Waals surface area contributed by atoms with E-state index in [1.807, 2.05) is 17.1 Å². The van der Waals surface area contributed by atoms with Gasteiger partial charge in [-0.05, 0) is 66.8 Å². The van der Waals surface area contributed by atoms with Crippen LogP contribution >= 0.6 is 11.3 Å². The van der Waals surface area contributed by atoms with E-state index in [9.17, 15) is 14.3 Å². The minimum absolute atomic E-state index is 0.0470. The van der Waals surface area contributed by atoms with Gasteiger partial charge in [0, 0.05) is 55.8 Å². The molecule has 46 heavy (non-hydrogen) atoms. The number of rotatable bonds is 11. The Bertz CT molecular complexity index is 1460. The van der Waals surface area contributed by atoms with Gasteiger partial charge in [-0.2, -0.15) is 0 Å². The van der Waals surface area contributed by atoms with Crippen molar-refractivity contribution in [2.75, 3.05) is 26.2 Å². The Kier molecular flexibility index (Phi) is 10.1. The molecular formula is C35H46FN5O4S. The fourth-order valence-electron chi connectivity index (χ4n) is 6.74. The zero-order valence-corrected chi connectivity index (χ0v) is 27.8. The lowest BCUT2D eigenvalue weighted by Crippen LogP contribution is -2.56. The Labute approximate surface area is 274 Å². The second kappa shape index (κ2) is 14.0.